The van der Waals surface area contributed by atoms with Gasteiger partial charge < -0.3 is 14.8 Å². The summed E-state index contributed by atoms with van der Waals surface area (Å²) in [4.78, 5) is 24.6. The monoisotopic (exact) mass is 361 g/mol. The van der Waals surface area contributed by atoms with Crippen molar-refractivity contribution >= 4 is 28.3 Å². The Hall–Kier alpha value is -3.34. The first kappa shape index (κ1) is 17.1. The second kappa shape index (κ2) is 7.11. The minimum atomic E-state index is -0.494. The fraction of sp³-hybridized carbons (Fsp3) is 0.182. The van der Waals surface area contributed by atoms with Gasteiger partial charge in [-0.05, 0) is 52.9 Å². The second-order valence-electron chi connectivity index (χ2n) is 6.47. The number of rotatable bonds is 5. The van der Waals surface area contributed by atoms with Crippen molar-refractivity contribution in [2.45, 2.75) is 12.8 Å². The third-order valence-electron chi connectivity index (χ3n) is 4.78. The van der Waals surface area contributed by atoms with Crippen LogP contribution in [0.5, 0.6) is 5.75 Å². The molecule has 0 saturated heterocycles. The number of anilines is 1. The van der Waals surface area contributed by atoms with Gasteiger partial charge in [-0.25, -0.2) is 4.79 Å². The molecule has 5 heteroatoms. The smallest absolute Gasteiger partial charge is 0.339 e. The molecule has 1 aliphatic rings. The summed E-state index contributed by atoms with van der Waals surface area (Å²) in [6.07, 6.45) is 1.99. The summed E-state index contributed by atoms with van der Waals surface area (Å²) in [5.41, 5.74) is 3.59. The summed E-state index contributed by atoms with van der Waals surface area (Å²) < 4.78 is 10.4. The lowest BCUT2D eigenvalue weighted by Crippen LogP contribution is -2.21. The summed E-state index contributed by atoms with van der Waals surface area (Å²) in [6.45, 7) is -0.348. The van der Waals surface area contributed by atoms with Gasteiger partial charge in [0, 0.05) is 11.8 Å². The maximum atomic E-state index is 12.5. The third kappa shape index (κ3) is 3.36. The van der Waals surface area contributed by atoms with Crippen molar-refractivity contribution in [2.75, 3.05) is 19.0 Å². The molecule has 0 aliphatic heterocycles. The van der Waals surface area contributed by atoms with Gasteiger partial charge in [-0.3, -0.25) is 4.79 Å². The lowest BCUT2D eigenvalue weighted by molar-refractivity contribution is -0.119. The number of ether oxygens (including phenoxy) is 2. The van der Waals surface area contributed by atoms with Crippen LogP contribution >= 0.6 is 0 Å². The van der Waals surface area contributed by atoms with Gasteiger partial charge in [0.2, 0.25) is 0 Å². The van der Waals surface area contributed by atoms with E-state index in [1.165, 1.54) is 11.1 Å². The van der Waals surface area contributed by atoms with E-state index in [1.807, 2.05) is 18.2 Å². The van der Waals surface area contributed by atoms with E-state index in [9.17, 15) is 9.59 Å². The highest BCUT2D eigenvalue weighted by Gasteiger charge is 2.20. The van der Waals surface area contributed by atoms with Gasteiger partial charge in [-0.1, -0.05) is 30.3 Å². The summed E-state index contributed by atoms with van der Waals surface area (Å²) >= 11 is 0. The molecule has 3 aromatic carbocycles. The number of carbonyl (C=O) groups excluding carboxylic acids is 2. The standard InChI is InChI=1S/C22H19NO4/c1-26-17-6-3-5-16(12-17)23-20(24)13-27-22(25)19-11-10-15-9-8-14-4-2-7-18(19)21(14)15/h2-7,10-12H,8-9,13H2,1H3,(H,23,24). The lowest BCUT2D eigenvalue weighted by atomic mass is 10.00. The second-order valence-corrected chi connectivity index (χ2v) is 6.47. The molecule has 0 unspecified atom stereocenters. The number of benzene rings is 3. The average Bonchev–Trinajstić information content (AvgIpc) is 3.11. The molecule has 136 valence electrons. The maximum Gasteiger partial charge on any atom is 0.339 e. The fourth-order valence-corrected chi connectivity index (χ4v) is 3.53. The largest absolute Gasteiger partial charge is 0.497 e. The normalized spacial score (nSPS) is 12.0. The quantitative estimate of drug-likeness (QED) is 0.703. The van der Waals surface area contributed by atoms with Crippen LogP contribution in [0.25, 0.3) is 10.8 Å². The number of esters is 1. The van der Waals surface area contributed by atoms with E-state index < -0.39 is 11.9 Å². The first-order chi connectivity index (χ1) is 13.2. The maximum absolute atomic E-state index is 12.5. The van der Waals surface area contributed by atoms with Gasteiger partial charge >= 0.3 is 5.97 Å². The van der Waals surface area contributed by atoms with E-state index in [1.54, 1.807) is 37.4 Å². The predicted molar refractivity (Wildman–Crippen MR) is 103 cm³/mol. The van der Waals surface area contributed by atoms with Gasteiger partial charge in [0.05, 0.1) is 12.7 Å². The number of amides is 1. The number of hydrogen-bond acceptors (Lipinski definition) is 4. The Kier molecular flexibility index (Phi) is 4.50. The van der Waals surface area contributed by atoms with Crippen LogP contribution in [-0.4, -0.2) is 25.6 Å². The van der Waals surface area contributed by atoms with Gasteiger partial charge in [-0.2, -0.15) is 0 Å². The molecule has 0 radical (unpaired) electrons. The van der Waals surface area contributed by atoms with E-state index in [0.29, 0.717) is 17.0 Å². The highest BCUT2D eigenvalue weighted by Crippen LogP contribution is 2.33. The highest BCUT2D eigenvalue weighted by molar-refractivity contribution is 6.07. The summed E-state index contributed by atoms with van der Waals surface area (Å²) in [5, 5.41) is 4.73. The minimum absolute atomic E-state index is 0.348. The van der Waals surface area contributed by atoms with Crippen molar-refractivity contribution in [1.82, 2.24) is 0 Å². The van der Waals surface area contributed by atoms with Gasteiger partial charge in [0.1, 0.15) is 5.75 Å². The lowest BCUT2D eigenvalue weighted by Gasteiger charge is -2.10. The van der Waals surface area contributed by atoms with Gasteiger partial charge in [-0.15, -0.1) is 0 Å². The van der Waals surface area contributed by atoms with Crippen LogP contribution in [0.1, 0.15) is 21.5 Å². The van der Waals surface area contributed by atoms with Crippen LogP contribution in [0.15, 0.2) is 54.6 Å². The fourth-order valence-electron chi connectivity index (χ4n) is 3.53. The molecule has 1 amide bonds. The first-order valence-electron chi connectivity index (χ1n) is 8.80. The molecule has 0 atom stereocenters. The van der Waals surface area contributed by atoms with Crippen molar-refractivity contribution in [3.8, 4) is 5.75 Å². The van der Waals surface area contributed by atoms with Crippen molar-refractivity contribution in [2.24, 2.45) is 0 Å². The highest BCUT2D eigenvalue weighted by atomic mass is 16.5. The molecule has 5 nitrogen and oxygen atoms in total. The van der Waals surface area contributed by atoms with Crippen molar-refractivity contribution < 1.29 is 19.1 Å². The zero-order valence-electron chi connectivity index (χ0n) is 15.0. The molecule has 27 heavy (non-hydrogen) atoms. The number of hydrogen-bond donors (Lipinski definition) is 1. The van der Waals surface area contributed by atoms with Crippen LogP contribution in [0.2, 0.25) is 0 Å². The molecule has 0 saturated carbocycles. The van der Waals surface area contributed by atoms with E-state index in [-0.39, 0.29) is 6.61 Å². The minimum Gasteiger partial charge on any atom is -0.497 e. The molecule has 0 bridgehead atoms. The molecule has 0 fully saturated rings. The van der Waals surface area contributed by atoms with Crippen molar-refractivity contribution in [1.29, 1.82) is 0 Å². The van der Waals surface area contributed by atoms with E-state index in [0.717, 1.165) is 23.6 Å². The Balaban J connectivity index is 1.46. The van der Waals surface area contributed by atoms with Crippen molar-refractivity contribution in [3.63, 3.8) is 0 Å². The van der Waals surface area contributed by atoms with Crippen LogP contribution in [0, 0.1) is 0 Å². The Labute approximate surface area is 156 Å². The molecule has 4 rings (SSSR count). The van der Waals surface area contributed by atoms with E-state index in [2.05, 4.69) is 11.4 Å². The Morgan fingerprint density at radius 1 is 1.00 bits per heavy atom. The Bertz CT molecular complexity index is 1030. The molecule has 0 heterocycles. The Morgan fingerprint density at radius 3 is 2.59 bits per heavy atom. The number of nitrogens with one attached hydrogen (secondary N) is 1. The first-order valence-corrected chi connectivity index (χ1v) is 8.80. The number of carbonyl (C=O) groups is 2. The molecule has 0 aromatic heterocycles. The number of methoxy groups -OCH3 is 1. The van der Waals surface area contributed by atoms with E-state index >= 15 is 0 Å². The average molecular weight is 361 g/mol. The summed E-state index contributed by atoms with van der Waals surface area (Å²) in [7, 11) is 1.56. The molecule has 1 N–H and O–H groups in total. The number of aryl methyl sites for hydroxylation is 2. The van der Waals surface area contributed by atoms with Crippen LogP contribution in [0.4, 0.5) is 5.69 Å². The molecular formula is C22H19NO4. The van der Waals surface area contributed by atoms with Gasteiger partial charge in [0.25, 0.3) is 5.91 Å². The SMILES string of the molecule is COc1cccc(NC(=O)COC(=O)c2ccc3c4c(cccc24)CC3)c1. The zero-order chi connectivity index (χ0) is 18.8. The third-order valence-corrected chi connectivity index (χ3v) is 4.78. The van der Waals surface area contributed by atoms with Gasteiger partial charge in [0.15, 0.2) is 6.61 Å². The molecular weight excluding hydrogens is 342 g/mol. The van der Waals surface area contributed by atoms with Crippen LogP contribution < -0.4 is 10.1 Å². The topological polar surface area (TPSA) is 64.6 Å². The zero-order valence-corrected chi connectivity index (χ0v) is 15.0. The molecule has 3 aromatic rings. The van der Waals surface area contributed by atoms with E-state index in [4.69, 9.17) is 9.47 Å². The molecule has 1 aliphatic carbocycles. The summed E-state index contributed by atoms with van der Waals surface area (Å²) in [6, 6.07) is 16.7. The molecule has 0 spiro atoms. The van der Waals surface area contributed by atoms with Crippen LogP contribution in [0.3, 0.4) is 0 Å². The summed E-state index contributed by atoms with van der Waals surface area (Å²) in [5.74, 6) is -0.258. The predicted octanol–water partition coefficient (Wildman–Crippen LogP) is 3.74. The van der Waals surface area contributed by atoms with Crippen molar-refractivity contribution in [3.05, 3.63) is 71.3 Å². The Morgan fingerprint density at radius 2 is 1.78 bits per heavy atom. The van der Waals surface area contributed by atoms with Crippen LogP contribution in [-0.2, 0) is 22.4 Å².